The van der Waals surface area contributed by atoms with Crippen molar-refractivity contribution >= 4 is 43.8 Å². The first-order valence-corrected chi connectivity index (χ1v) is 17.8. The van der Waals surface area contributed by atoms with Crippen LogP contribution in [0.1, 0.15) is 63.8 Å². The topological polar surface area (TPSA) is 142 Å². The van der Waals surface area contributed by atoms with E-state index >= 15 is 0 Å². The summed E-state index contributed by atoms with van der Waals surface area (Å²) in [5.74, 6) is 0.291. The average molecular weight is 687 g/mol. The highest BCUT2D eigenvalue weighted by Gasteiger charge is 2.27. The fraction of sp³-hybridized carbons (Fsp3) is 0.235. The Bertz CT molecular complexity index is 2020. The average Bonchev–Trinajstić information content (AvgIpc) is 3.93. The molecule has 2 aliphatic rings. The molecule has 0 spiro atoms. The third-order valence-corrected chi connectivity index (χ3v) is 10.3. The molecule has 0 saturated carbocycles. The van der Waals surface area contributed by atoms with Crippen molar-refractivity contribution < 1.29 is 25.2 Å². The quantitative estimate of drug-likeness (QED) is 0.120. The number of hydrogen-bond donors (Lipinski definition) is 0. The van der Waals surface area contributed by atoms with Crippen LogP contribution in [0.5, 0.6) is 11.5 Å². The van der Waals surface area contributed by atoms with E-state index in [4.69, 9.17) is 8.37 Å². The maximum Gasteiger partial charge on any atom is 0.339 e. The van der Waals surface area contributed by atoms with Crippen molar-refractivity contribution in [2.45, 2.75) is 62.2 Å². The number of anilines is 2. The Balaban J connectivity index is 1.34. The minimum atomic E-state index is -4.36. The summed E-state index contributed by atoms with van der Waals surface area (Å²) in [6.07, 6.45) is 3.00. The second-order valence-corrected chi connectivity index (χ2v) is 16.4. The summed E-state index contributed by atoms with van der Waals surface area (Å²) < 4.78 is 65.8. The molecule has 2 aliphatic heterocycles. The van der Waals surface area contributed by atoms with Gasteiger partial charge in [0.2, 0.25) is 0 Å². The van der Waals surface area contributed by atoms with Gasteiger partial charge in [0.05, 0.1) is 11.4 Å². The third-order valence-electron chi connectivity index (χ3n) is 7.65. The summed E-state index contributed by atoms with van der Waals surface area (Å²) in [4.78, 5) is -0.322. The second-order valence-electron chi connectivity index (χ2n) is 13.3. The van der Waals surface area contributed by atoms with Gasteiger partial charge >= 0.3 is 20.2 Å². The Kier molecular flexibility index (Phi) is 8.12. The lowest BCUT2D eigenvalue weighted by molar-refractivity contribution is 0.483. The zero-order chi connectivity index (χ0) is 34.5. The molecular weight excluding hydrogens is 653 g/mol. The van der Waals surface area contributed by atoms with Crippen molar-refractivity contribution in [2.24, 2.45) is 20.9 Å². The van der Waals surface area contributed by atoms with Gasteiger partial charge in [-0.15, -0.1) is 10.2 Å². The summed E-state index contributed by atoms with van der Waals surface area (Å²) in [5, 5.41) is 17.6. The lowest BCUT2D eigenvalue weighted by Crippen LogP contribution is -2.13. The van der Waals surface area contributed by atoms with Crippen molar-refractivity contribution in [3.05, 3.63) is 107 Å². The van der Waals surface area contributed by atoms with Gasteiger partial charge in [0, 0.05) is 0 Å². The predicted octanol–water partition coefficient (Wildman–Crippen LogP) is 8.19. The van der Waals surface area contributed by atoms with Gasteiger partial charge in [-0.05, 0) is 103 Å². The molecule has 12 nitrogen and oxygen atoms in total. The first kappa shape index (κ1) is 32.8. The molecule has 0 saturated heterocycles. The number of nitrogens with zero attached hydrogens (tertiary/aromatic N) is 6. The van der Waals surface area contributed by atoms with Crippen LogP contribution in [-0.2, 0) is 31.1 Å². The molecule has 4 aromatic rings. The van der Waals surface area contributed by atoms with E-state index in [9.17, 15) is 16.8 Å². The van der Waals surface area contributed by atoms with Crippen LogP contribution in [0.25, 0.3) is 12.2 Å². The summed E-state index contributed by atoms with van der Waals surface area (Å²) in [6.45, 7) is 12.3. The van der Waals surface area contributed by atoms with Gasteiger partial charge in [-0.2, -0.15) is 16.8 Å². The normalized spacial score (nSPS) is 14.5. The maximum absolute atomic E-state index is 13.7. The molecule has 0 aromatic heterocycles. The molecule has 48 heavy (non-hydrogen) atoms. The molecule has 0 atom stereocenters. The summed E-state index contributed by atoms with van der Waals surface area (Å²) >= 11 is 0. The molecule has 0 fully saturated rings. The van der Waals surface area contributed by atoms with Crippen molar-refractivity contribution in [1.82, 2.24) is 0 Å². The van der Waals surface area contributed by atoms with Crippen molar-refractivity contribution in [3.63, 3.8) is 0 Å². The molecule has 0 N–H and O–H groups in total. The molecule has 6 rings (SSSR count). The van der Waals surface area contributed by atoms with E-state index < -0.39 is 20.2 Å². The lowest BCUT2D eigenvalue weighted by Gasteiger charge is -2.19. The molecule has 0 aliphatic carbocycles. The van der Waals surface area contributed by atoms with Crippen molar-refractivity contribution in [3.8, 4) is 11.5 Å². The smallest absolute Gasteiger partial charge is 0.339 e. The Morgan fingerprint density at radius 3 is 1.15 bits per heavy atom. The van der Waals surface area contributed by atoms with Gasteiger partial charge in [0.15, 0.2) is 0 Å². The van der Waals surface area contributed by atoms with E-state index in [0.717, 1.165) is 11.1 Å². The molecule has 0 amide bonds. The standard InChI is InChI=1S/C34H34N6O6S2/c1-33(2,3)25-11-17-29(18-12-25)45-47(41,42)31-21-27(39-35-36-39)15-9-23(31)7-8-24-10-16-28(40-37-38-40)22-32(24)48(43,44)46-30-19-13-26(14-20-30)34(4,5)6/h7-22H,1-6H3. The van der Waals surface area contributed by atoms with Crippen LogP contribution in [-0.4, -0.2) is 16.8 Å². The van der Waals surface area contributed by atoms with E-state index in [1.54, 1.807) is 48.5 Å². The van der Waals surface area contributed by atoms with Gasteiger partial charge < -0.3 is 8.37 Å². The minimum Gasteiger partial charge on any atom is -0.379 e. The van der Waals surface area contributed by atoms with Crippen molar-refractivity contribution in [2.75, 3.05) is 10.2 Å². The Morgan fingerprint density at radius 2 is 0.854 bits per heavy atom. The molecule has 0 unspecified atom stereocenters. The van der Waals surface area contributed by atoms with E-state index in [2.05, 4.69) is 62.4 Å². The Morgan fingerprint density at radius 1 is 0.521 bits per heavy atom. The molecule has 0 bridgehead atoms. The zero-order valence-corrected chi connectivity index (χ0v) is 28.8. The number of hydrogen-bond acceptors (Lipinski definition) is 12. The van der Waals surface area contributed by atoms with Crippen LogP contribution in [0.2, 0.25) is 0 Å². The number of rotatable bonds is 10. The number of benzene rings is 4. The highest BCUT2D eigenvalue weighted by Crippen LogP contribution is 2.34. The second kappa shape index (κ2) is 11.9. The van der Waals surface area contributed by atoms with E-state index in [1.165, 1.54) is 34.5 Å². The molecular formula is C34H34N6O6S2. The largest absolute Gasteiger partial charge is 0.379 e. The fourth-order valence-corrected chi connectivity index (χ4v) is 7.08. The SMILES string of the molecule is CC(C)(C)c1ccc(OS(=O)(=O)c2cc(N3N=N3)ccc2C=Cc2ccc(N3N=N3)cc2S(=O)(=O)Oc2ccc(C(C)(C)C)cc2)cc1. The zero-order valence-electron chi connectivity index (χ0n) is 27.2. The molecule has 2 heterocycles. The van der Waals surface area contributed by atoms with Gasteiger partial charge in [-0.1, -0.05) is 90.1 Å². The van der Waals surface area contributed by atoms with Crippen LogP contribution in [0.15, 0.2) is 116 Å². The van der Waals surface area contributed by atoms with E-state index in [0.29, 0.717) is 11.4 Å². The molecule has 14 heteroatoms. The third kappa shape index (κ3) is 7.39. The fourth-order valence-electron chi connectivity index (χ4n) is 4.79. The summed E-state index contributed by atoms with van der Waals surface area (Å²) in [5.41, 5.74) is 3.12. The first-order valence-electron chi connectivity index (χ1n) is 15.0. The van der Waals surface area contributed by atoms with Crippen LogP contribution in [0, 0.1) is 0 Å². The summed E-state index contributed by atoms with van der Waals surface area (Å²) in [6, 6.07) is 22.9. The van der Waals surface area contributed by atoms with Crippen LogP contribution in [0.4, 0.5) is 11.4 Å². The maximum atomic E-state index is 13.7. The molecule has 4 aromatic carbocycles. The Hall–Kier alpha value is -5.08. The van der Waals surface area contributed by atoms with Crippen LogP contribution >= 0.6 is 0 Å². The van der Waals surface area contributed by atoms with Gasteiger partial charge in [-0.25, -0.2) is 0 Å². The summed E-state index contributed by atoms with van der Waals surface area (Å²) in [7, 11) is -8.73. The van der Waals surface area contributed by atoms with Gasteiger partial charge in [-0.3, -0.25) is 0 Å². The first-order chi connectivity index (χ1) is 22.5. The van der Waals surface area contributed by atoms with Crippen molar-refractivity contribution in [1.29, 1.82) is 0 Å². The monoisotopic (exact) mass is 686 g/mol. The highest BCUT2D eigenvalue weighted by molar-refractivity contribution is 7.87. The lowest BCUT2D eigenvalue weighted by atomic mass is 9.87. The molecule has 248 valence electrons. The Labute approximate surface area is 280 Å². The van der Waals surface area contributed by atoms with Crippen LogP contribution < -0.4 is 18.6 Å². The highest BCUT2D eigenvalue weighted by atomic mass is 32.2. The predicted molar refractivity (Wildman–Crippen MR) is 182 cm³/mol. The van der Waals surface area contributed by atoms with Gasteiger partial charge in [0.1, 0.15) is 21.3 Å². The molecule has 0 radical (unpaired) electrons. The van der Waals surface area contributed by atoms with E-state index in [1.807, 2.05) is 24.3 Å². The van der Waals surface area contributed by atoms with Gasteiger partial charge in [0.25, 0.3) is 0 Å². The minimum absolute atomic E-state index is 0.124. The van der Waals surface area contributed by atoms with Crippen LogP contribution in [0.3, 0.4) is 0 Å². The van der Waals surface area contributed by atoms with E-state index in [-0.39, 0.29) is 43.2 Å².